The highest BCUT2D eigenvalue weighted by Crippen LogP contribution is 2.48. The van der Waals surface area contributed by atoms with E-state index in [1.54, 1.807) is 20.8 Å². The Morgan fingerprint density at radius 1 is 1.21 bits per heavy atom. The molecule has 1 amide bonds. The fourth-order valence-electron chi connectivity index (χ4n) is 2.25. The van der Waals surface area contributed by atoms with Gasteiger partial charge in [-0.15, -0.1) is 0 Å². The molecule has 0 saturated heterocycles. The number of ether oxygens (including phenoxy) is 1. The monoisotopic (exact) mass is 422 g/mol. The lowest BCUT2D eigenvalue weighted by Gasteiger charge is -2.35. The molecule has 0 fully saturated rings. The predicted octanol–water partition coefficient (Wildman–Crippen LogP) is 2.22. The normalized spacial score (nSPS) is 19.5. The van der Waals surface area contributed by atoms with Crippen LogP contribution in [0.4, 0.5) is 26.3 Å². The van der Waals surface area contributed by atoms with Crippen molar-refractivity contribution in [1.29, 1.82) is 0 Å². The van der Waals surface area contributed by atoms with Crippen molar-refractivity contribution in [2.24, 2.45) is 5.16 Å². The highest BCUT2D eigenvalue weighted by Gasteiger charge is 2.76. The van der Waals surface area contributed by atoms with E-state index in [1.165, 1.54) is 6.92 Å². The third-order valence-electron chi connectivity index (χ3n) is 3.53. The molecule has 0 bridgehead atoms. The fourth-order valence-corrected chi connectivity index (χ4v) is 2.25. The van der Waals surface area contributed by atoms with Gasteiger partial charge in [0.2, 0.25) is 0 Å². The molecule has 1 aliphatic heterocycles. The summed E-state index contributed by atoms with van der Waals surface area (Å²) in [5.41, 5.74) is -6.77. The largest absolute Gasteiger partial charge is 0.460 e. The van der Waals surface area contributed by atoms with Gasteiger partial charge in [-0.2, -0.15) is 26.3 Å². The lowest BCUT2D eigenvalue weighted by Crippen LogP contribution is -2.64. The average Bonchev–Trinajstić information content (AvgIpc) is 2.91. The maximum atomic E-state index is 12.8. The van der Waals surface area contributed by atoms with Crippen LogP contribution in [0.25, 0.3) is 0 Å². The second-order valence-corrected chi connectivity index (χ2v) is 7.26. The van der Waals surface area contributed by atoms with Gasteiger partial charge in [-0.05, 0) is 27.7 Å². The standard InChI is InChI=1S/C15H20F6N2O5/c1-7(5-10(24)27-12(2,3)4)22-11(25)8-6-9(28-23-8)13(26,14(16,17)18)15(19,20)21/h7,9,26H,5-6H2,1-4H3,(H,22,25)/t7-,9?/m0/s1. The Morgan fingerprint density at radius 3 is 2.14 bits per heavy atom. The van der Waals surface area contributed by atoms with Gasteiger partial charge in [-0.25, -0.2) is 0 Å². The van der Waals surface area contributed by atoms with Crippen LogP contribution in [-0.4, -0.2) is 58.4 Å². The van der Waals surface area contributed by atoms with Crippen molar-refractivity contribution in [3.05, 3.63) is 0 Å². The van der Waals surface area contributed by atoms with Crippen molar-refractivity contribution in [2.75, 3.05) is 0 Å². The number of halogens is 6. The van der Waals surface area contributed by atoms with Crippen LogP contribution in [0.5, 0.6) is 0 Å². The van der Waals surface area contributed by atoms with Gasteiger partial charge in [0.25, 0.3) is 11.5 Å². The molecule has 0 aromatic rings. The third kappa shape index (κ3) is 5.49. The first-order chi connectivity index (χ1) is 12.4. The van der Waals surface area contributed by atoms with E-state index in [0.717, 1.165) is 0 Å². The van der Waals surface area contributed by atoms with Crippen molar-refractivity contribution in [3.8, 4) is 0 Å². The van der Waals surface area contributed by atoms with E-state index < -0.39 is 59.7 Å². The van der Waals surface area contributed by atoms with Crippen molar-refractivity contribution in [2.45, 2.75) is 76.2 Å². The summed E-state index contributed by atoms with van der Waals surface area (Å²) < 4.78 is 81.9. The molecule has 0 aromatic carbocycles. The molecule has 1 rings (SSSR count). The topological polar surface area (TPSA) is 97.2 Å². The molecule has 1 unspecified atom stereocenters. The van der Waals surface area contributed by atoms with Crippen molar-refractivity contribution in [1.82, 2.24) is 5.32 Å². The molecular formula is C15H20F6N2O5. The van der Waals surface area contributed by atoms with Gasteiger partial charge in [-0.1, -0.05) is 5.16 Å². The predicted molar refractivity (Wildman–Crippen MR) is 82.1 cm³/mol. The van der Waals surface area contributed by atoms with Crippen LogP contribution in [0, 0.1) is 0 Å². The van der Waals surface area contributed by atoms with E-state index in [9.17, 15) is 41.0 Å². The minimum Gasteiger partial charge on any atom is -0.460 e. The molecule has 162 valence electrons. The SMILES string of the molecule is C[C@@H](CC(=O)OC(C)(C)C)NC(=O)C1=NOC(C(O)(C(F)(F)F)C(F)(F)F)C1. The number of nitrogens with zero attached hydrogens (tertiary/aromatic N) is 1. The van der Waals surface area contributed by atoms with Gasteiger partial charge in [0.15, 0.2) is 6.10 Å². The number of rotatable bonds is 5. The zero-order chi connectivity index (χ0) is 22.1. The molecule has 1 heterocycles. The van der Waals surface area contributed by atoms with Crippen LogP contribution in [-0.2, 0) is 19.2 Å². The van der Waals surface area contributed by atoms with E-state index in [0.29, 0.717) is 0 Å². The summed E-state index contributed by atoms with van der Waals surface area (Å²) in [6.07, 6.45) is -16.6. The zero-order valence-electron chi connectivity index (χ0n) is 15.4. The van der Waals surface area contributed by atoms with Crippen molar-refractivity contribution >= 4 is 17.6 Å². The zero-order valence-corrected chi connectivity index (χ0v) is 15.4. The van der Waals surface area contributed by atoms with Crippen LogP contribution in [0.1, 0.15) is 40.5 Å². The summed E-state index contributed by atoms with van der Waals surface area (Å²) in [4.78, 5) is 27.7. The van der Waals surface area contributed by atoms with E-state index in [-0.39, 0.29) is 6.42 Å². The molecule has 2 atom stereocenters. The number of amides is 1. The Morgan fingerprint density at radius 2 is 1.71 bits per heavy atom. The van der Waals surface area contributed by atoms with Crippen LogP contribution in [0.15, 0.2) is 5.16 Å². The second-order valence-electron chi connectivity index (χ2n) is 7.26. The Labute approximate surface area is 156 Å². The minimum absolute atomic E-state index is 0.296. The van der Waals surface area contributed by atoms with E-state index in [4.69, 9.17) is 4.74 Å². The van der Waals surface area contributed by atoms with Gasteiger partial charge >= 0.3 is 18.3 Å². The van der Waals surface area contributed by atoms with Gasteiger partial charge in [0.1, 0.15) is 11.3 Å². The average molecular weight is 422 g/mol. The number of nitrogens with one attached hydrogen (secondary N) is 1. The third-order valence-corrected chi connectivity index (χ3v) is 3.53. The fraction of sp³-hybridized carbons (Fsp3) is 0.800. The van der Waals surface area contributed by atoms with Crippen LogP contribution < -0.4 is 5.32 Å². The van der Waals surface area contributed by atoms with Gasteiger partial charge < -0.3 is 20.0 Å². The maximum absolute atomic E-state index is 12.8. The minimum atomic E-state index is -6.11. The molecule has 1 aliphatic rings. The number of hydrogen-bond donors (Lipinski definition) is 2. The highest BCUT2D eigenvalue weighted by atomic mass is 19.4. The number of carbonyl (C=O) groups is 2. The number of esters is 1. The summed E-state index contributed by atoms with van der Waals surface area (Å²) in [7, 11) is 0. The number of alkyl halides is 6. The van der Waals surface area contributed by atoms with Crippen molar-refractivity contribution < 1.29 is 50.6 Å². The molecule has 2 N–H and O–H groups in total. The van der Waals surface area contributed by atoms with Crippen LogP contribution in [0.3, 0.4) is 0 Å². The first-order valence-corrected chi connectivity index (χ1v) is 7.99. The quantitative estimate of drug-likeness (QED) is 0.523. The first kappa shape index (κ1) is 24.0. The molecule has 0 aromatic heterocycles. The molecule has 0 spiro atoms. The lowest BCUT2D eigenvalue weighted by atomic mass is 9.91. The lowest BCUT2D eigenvalue weighted by molar-refractivity contribution is -0.392. The summed E-state index contributed by atoms with van der Waals surface area (Å²) in [5, 5.41) is 14.4. The smallest absolute Gasteiger partial charge is 0.430 e. The van der Waals surface area contributed by atoms with Crippen LogP contribution >= 0.6 is 0 Å². The number of carbonyl (C=O) groups excluding carboxylic acids is 2. The van der Waals surface area contributed by atoms with E-state index >= 15 is 0 Å². The highest BCUT2D eigenvalue weighted by molar-refractivity contribution is 6.39. The maximum Gasteiger partial charge on any atom is 0.430 e. The molecule has 0 saturated carbocycles. The Bertz CT molecular complexity index is 624. The molecule has 0 aliphatic carbocycles. The van der Waals surface area contributed by atoms with Crippen molar-refractivity contribution in [3.63, 3.8) is 0 Å². The second kappa shape index (κ2) is 7.76. The van der Waals surface area contributed by atoms with Gasteiger partial charge in [-0.3, -0.25) is 9.59 Å². The number of hydrogen-bond acceptors (Lipinski definition) is 6. The Hall–Kier alpha value is -2.05. The molecule has 7 nitrogen and oxygen atoms in total. The molecule has 13 heteroatoms. The summed E-state index contributed by atoms with van der Waals surface area (Å²) >= 11 is 0. The number of oxime groups is 1. The van der Waals surface area contributed by atoms with E-state index in [2.05, 4.69) is 15.3 Å². The first-order valence-electron chi connectivity index (χ1n) is 7.99. The van der Waals surface area contributed by atoms with Gasteiger partial charge in [0, 0.05) is 12.5 Å². The van der Waals surface area contributed by atoms with Gasteiger partial charge in [0.05, 0.1) is 6.42 Å². The summed E-state index contributed by atoms with van der Waals surface area (Å²) in [6, 6.07) is -0.854. The Balaban J connectivity index is 2.75. The molecule has 0 radical (unpaired) electrons. The summed E-state index contributed by atoms with van der Waals surface area (Å²) in [6.45, 7) is 6.21. The number of aliphatic hydroxyl groups is 1. The Kier molecular flexibility index (Phi) is 6.65. The van der Waals surface area contributed by atoms with E-state index in [1.807, 2.05) is 0 Å². The summed E-state index contributed by atoms with van der Waals surface area (Å²) in [5.74, 6) is -1.81. The molecular weight excluding hydrogens is 402 g/mol. The molecule has 28 heavy (non-hydrogen) atoms. The van der Waals surface area contributed by atoms with Crippen LogP contribution in [0.2, 0.25) is 0 Å².